The molecule has 28 heavy (non-hydrogen) atoms. The molecule has 1 N–H and O–H groups in total. The van der Waals surface area contributed by atoms with Gasteiger partial charge in [-0.3, -0.25) is 4.79 Å². The van der Waals surface area contributed by atoms with Crippen molar-refractivity contribution in [2.75, 3.05) is 18.7 Å². The van der Waals surface area contributed by atoms with Crippen LogP contribution in [0.2, 0.25) is 0 Å². The fraction of sp³-hybridized carbons (Fsp3) is 0.278. The molecule has 0 saturated heterocycles. The van der Waals surface area contributed by atoms with Crippen molar-refractivity contribution in [3.63, 3.8) is 0 Å². The number of thiazole rings is 1. The molecule has 3 heterocycles. The third kappa shape index (κ3) is 3.29. The Morgan fingerprint density at radius 2 is 2.11 bits per heavy atom. The van der Waals surface area contributed by atoms with Gasteiger partial charge in [0.1, 0.15) is 11.3 Å². The normalized spacial score (nSPS) is 11.3. The Labute approximate surface area is 169 Å². The second kappa shape index (κ2) is 7.36. The molecule has 0 spiro atoms. The number of carbonyl (C=O) groups is 1. The second-order valence-corrected chi connectivity index (χ2v) is 7.93. The Morgan fingerprint density at radius 3 is 2.86 bits per heavy atom. The van der Waals surface area contributed by atoms with Gasteiger partial charge in [-0.25, -0.2) is 14.5 Å². The Balaban J connectivity index is 1.60. The van der Waals surface area contributed by atoms with E-state index in [1.807, 2.05) is 38.3 Å². The first kappa shape index (κ1) is 18.6. The van der Waals surface area contributed by atoms with Crippen LogP contribution >= 0.6 is 23.1 Å². The highest BCUT2D eigenvalue weighted by Crippen LogP contribution is 2.32. The standard InChI is InChI=1S/C18H18N6O2S2/c1-9-11(10(2)24-16(19-9)22-18(23-24)27-4)8-14(25)20-17-21-15-12(26-3)6-5-7-13(15)28-17/h5-7H,8H2,1-4H3,(H,20,21,25). The van der Waals surface area contributed by atoms with E-state index in [0.717, 1.165) is 27.2 Å². The summed E-state index contributed by atoms with van der Waals surface area (Å²) in [5.41, 5.74) is 3.21. The van der Waals surface area contributed by atoms with E-state index in [0.29, 0.717) is 21.8 Å². The van der Waals surface area contributed by atoms with Crippen LogP contribution in [-0.4, -0.2) is 43.8 Å². The van der Waals surface area contributed by atoms with Gasteiger partial charge in [0.15, 0.2) is 5.13 Å². The van der Waals surface area contributed by atoms with Crippen molar-refractivity contribution in [2.24, 2.45) is 0 Å². The van der Waals surface area contributed by atoms with E-state index in [2.05, 4.69) is 25.4 Å². The molecule has 8 nitrogen and oxygen atoms in total. The van der Waals surface area contributed by atoms with Crippen molar-refractivity contribution in [2.45, 2.75) is 25.4 Å². The van der Waals surface area contributed by atoms with Crippen LogP contribution in [0.15, 0.2) is 23.4 Å². The number of rotatable bonds is 5. The maximum absolute atomic E-state index is 12.7. The second-order valence-electron chi connectivity index (χ2n) is 6.12. The molecule has 1 amide bonds. The van der Waals surface area contributed by atoms with Gasteiger partial charge in [-0.1, -0.05) is 29.2 Å². The first-order valence-corrected chi connectivity index (χ1v) is 10.5. The third-order valence-electron chi connectivity index (χ3n) is 4.40. The molecule has 1 aromatic carbocycles. The average molecular weight is 415 g/mol. The number of ether oxygens (including phenoxy) is 1. The number of nitrogens with zero attached hydrogens (tertiary/aromatic N) is 5. The van der Waals surface area contributed by atoms with Gasteiger partial charge >= 0.3 is 0 Å². The van der Waals surface area contributed by atoms with Crippen molar-refractivity contribution >= 4 is 50.1 Å². The molecule has 0 radical (unpaired) electrons. The van der Waals surface area contributed by atoms with E-state index >= 15 is 0 Å². The number of fused-ring (bicyclic) bond motifs is 2. The molecule has 3 aromatic heterocycles. The van der Waals surface area contributed by atoms with Crippen LogP contribution in [-0.2, 0) is 11.2 Å². The first-order chi connectivity index (χ1) is 13.5. The minimum Gasteiger partial charge on any atom is -0.494 e. The van der Waals surface area contributed by atoms with Crippen molar-refractivity contribution in [3.05, 3.63) is 35.2 Å². The Kier molecular flexibility index (Phi) is 4.90. The number of benzene rings is 1. The number of thioether (sulfide) groups is 1. The maximum Gasteiger partial charge on any atom is 0.253 e. The van der Waals surface area contributed by atoms with Gasteiger partial charge in [-0.05, 0) is 32.2 Å². The smallest absolute Gasteiger partial charge is 0.253 e. The highest BCUT2D eigenvalue weighted by Gasteiger charge is 2.17. The Hall–Kier alpha value is -2.72. The summed E-state index contributed by atoms with van der Waals surface area (Å²) in [6.45, 7) is 3.80. The largest absolute Gasteiger partial charge is 0.494 e. The fourth-order valence-corrected chi connectivity index (χ4v) is 4.23. The SMILES string of the molecule is COc1cccc2sc(NC(=O)Cc3c(C)nc4nc(SC)nn4c3C)nc12. The Bertz CT molecular complexity index is 1200. The number of hydrogen-bond donors (Lipinski definition) is 1. The van der Waals surface area contributed by atoms with Gasteiger partial charge in [-0.2, -0.15) is 4.98 Å². The summed E-state index contributed by atoms with van der Waals surface area (Å²) in [6.07, 6.45) is 2.10. The van der Waals surface area contributed by atoms with Crippen LogP contribution in [0.25, 0.3) is 16.0 Å². The fourth-order valence-electron chi connectivity index (χ4n) is 3.00. The number of aryl methyl sites for hydroxylation is 2. The number of anilines is 1. The first-order valence-electron chi connectivity index (χ1n) is 8.50. The average Bonchev–Trinajstić information content (AvgIpc) is 3.28. The molecule has 4 rings (SSSR count). The van der Waals surface area contributed by atoms with E-state index in [9.17, 15) is 4.79 Å². The summed E-state index contributed by atoms with van der Waals surface area (Å²) in [7, 11) is 1.60. The predicted octanol–water partition coefficient (Wildman–Crippen LogP) is 3.26. The number of hydrogen-bond acceptors (Lipinski definition) is 8. The van der Waals surface area contributed by atoms with Crippen LogP contribution in [0.3, 0.4) is 0 Å². The quantitative estimate of drug-likeness (QED) is 0.501. The van der Waals surface area contributed by atoms with E-state index in [1.54, 1.807) is 11.6 Å². The molecular weight excluding hydrogens is 396 g/mol. The van der Waals surface area contributed by atoms with Crippen molar-refractivity contribution in [1.82, 2.24) is 24.6 Å². The van der Waals surface area contributed by atoms with Gasteiger partial charge in [0.2, 0.25) is 11.1 Å². The van der Waals surface area contributed by atoms with Crippen LogP contribution in [0, 0.1) is 13.8 Å². The number of aromatic nitrogens is 5. The number of amides is 1. The van der Waals surface area contributed by atoms with Crippen LogP contribution in [0.5, 0.6) is 5.75 Å². The summed E-state index contributed by atoms with van der Waals surface area (Å²) in [5, 5.41) is 8.50. The van der Waals surface area contributed by atoms with E-state index < -0.39 is 0 Å². The van der Waals surface area contributed by atoms with E-state index in [1.165, 1.54) is 23.1 Å². The lowest BCUT2D eigenvalue weighted by Crippen LogP contribution is -2.17. The predicted molar refractivity (Wildman–Crippen MR) is 111 cm³/mol. The molecule has 10 heteroatoms. The zero-order chi connectivity index (χ0) is 19.8. The minimum absolute atomic E-state index is 0.157. The summed E-state index contributed by atoms with van der Waals surface area (Å²) in [4.78, 5) is 26.0. The molecule has 0 unspecified atom stereocenters. The van der Waals surface area contributed by atoms with Crippen LogP contribution in [0.4, 0.5) is 5.13 Å². The van der Waals surface area contributed by atoms with E-state index in [-0.39, 0.29) is 12.3 Å². The zero-order valence-electron chi connectivity index (χ0n) is 15.8. The van der Waals surface area contributed by atoms with Gasteiger partial charge in [0.25, 0.3) is 5.78 Å². The highest BCUT2D eigenvalue weighted by atomic mass is 32.2. The summed E-state index contributed by atoms with van der Waals surface area (Å²) >= 11 is 2.87. The lowest BCUT2D eigenvalue weighted by molar-refractivity contribution is -0.115. The van der Waals surface area contributed by atoms with E-state index in [4.69, 9.17) is 4.74 Å². The van der Waals surface area contributed by atoms with Crippen molar-refractivity contribution in [1.29, 1.82) is 0 Å². The molecule has 0 aliphatic rings. The minimum atomic E-state index is -0.157. The molecule has 0 aliphatic carbocycles. The summed E-state index contributed by atoms with van der Waals surface area (Å²) < 4.78 is 7.97. The molecule has 0 fully saturated rings. The molecule has 0 bridgehead atoms. The van der Waals surface area contributed by atoms with Crippen LogP contribution in [0.1, 0.15) is 17.0 Å². The molecule has 0 saturated carbocycles. The highest BCUT2D eigenvalue weighted by molar-refractivity contribution is 7.98. The number of carbonyl (C=O) groups excluding carboxylic acids is 1. The monoisotopic (exact) mass is 414 g/mol. The molecule has 0 atom stereocenters. The van der Waals surface area contributed by atoms with Gasteiger partial charge in [-0.15, -0.1) is 5.10 Å². The lowest BCUT2D eigenvalue weighted by atomic mass is 10.1. The van der Waals surface area contributed by atoms with Gasteiger partial charge < -0.3 is 10.1 Å². The third-order valence-corrected chi connectivity index (χ3v) is 5.87. The van der Waals surface area contributed by atoms with Crippen molar-refractivity contribution in [3.8, 4) is 5.75 Å². The number of nitrogens with one attached hydrogen (secondary N) is 1. The van der Waals surface area contributed by atoms with Crippen molar-refractivity contribution < 1.29 is 9.53 Å². The maximum atomic E-state index is 12.7. The molecule has 4 aromatic rings. The Morgan fingerprint density at radius 1 is 1.29 bits per heavy atom. The topological polar surface area (TPSA) is 94.3 Å². The lowest BCUT2D eigenvalue weighted by Gasteiger charge is -2.09. The van der Waals surface area contributed by atoms with Gasteiger partial charge in [0, 0.05) is 17.0 Å². The van der Waals surface area contributed by atoms with Gasteiger partial charge in [0.05, 0.1) is 18.2 Å². The number of para-hydroxylation sites is 1. The summed E-state index contributed by atoms with van der Waals surface area (Å²) in [5.74, 6) is 1.07. The molecule has 0 aliphatic heterocycles. The number of methoxy groups -OCH3 is 1. The zero-order valence-corrected chi connectivity index (χ0v) is 17.4. The molecule has 144 valence electrons. The summed E-state index contributed by atoms with van der Waals surface area (Å²) in [6, 6.07) is 5.70. The van der Waals surface area contributed by atoms with Crippen LogP contribution < -0.4 is 10.1 Å². The molecular formula is C18H18N6O2S2.